The van der Waals surface area contributed by atoms with Gasteiger partial charge in [-0.3, -0.25) is 9.59 Å². The standard InChI is InChI=1S/C31H35N3O5/c1-20(2)10-15-38-25-7-4-6-22(18-25)28-27(29(35)23-8-9-26-24(17-23)16-21(3)39-26)30(36)31(37)34(28)13-5-12-33-14-11-32-19-33/h4,6-9,11,14,17-21,28,35H,5,10,12-13,15-16H2,1-3H3/b29-27+/t21-,28+/m0/s1. The average Bonchev–Trinajstić information content (AvgIpc) is 3.62. The molecular weight excluding hydrogens is 494 g/mol. The second-order valence-corrected chi connectivity index (χ2v) is 10.7. The van der Waals surface area contributed by atoms with Crippen LogP contribution in [-0.2, 0) is 22.6 Å². The van der Waals surface area contributed by atoms with E-state index >= 15 is 0 Å². The maximum Gasteiger partial charge on any atom is 0.295 e. The fraction of sp³-hybridized carbons (Fsp3) is 0.387. The molecule has 1 N–H and O–H groups in total. The maximum atomic E-state index is 13.4. The number of likely N-dealkylation sites (tertiary alicyclic amines) is 1. The summed E-state index contributed by atoms with van der Waals surface area (Å²) in [6.07, 6.45) is 7.61. The first-order valence-electron chi connectivity index (χ1n) is 13.6. The van der Waals surface area contributed by atoms with Crippen LogP contribution in [0.2, 0.25) is 0 Å². The summed E-state index contributed by atoms with van der Waals surface area (Å²) in [6.45, 7) is 7.84. The lowest BCUT2D eigenvalue weighted by molar-refractivity contribution is -0.139. The molecule has 0 saturated carbocycles. The zero-order chi connectivity index (χ0) is 27.5. The van der Waals surface area contributed by atoms with E-state index in [1.807, 2.05) is 54.1 Å². The number of nitrogens with zero attached hydrogens (tertiary/aromatic N) is 3. The van der Waals surface area contributed by atoms with E-state index in [4.69, 9.17) is 9.47 Å². The molecule has 39 heavy (non-hydrogen) atoms. The zero-order valence-corrected chi connectivity index (χ0v) is 22.7. The van der Waals surface area contributed by atoms with Gasteiger partial charge in [-0.05, 0) is 67.1 Å². The van der Waals surface area contributed by atoms with Gasteiger partial charge in [0.25, 0.3) is 11.7 Å². The molecule has 0 bridgehead atoms. The summed E-state index contributed by atoms with van der Waals surface area (Å²) in [4.78, 5) is 32.4. The number of carbonyl (C=O) groups is 2. The summed E-state index contributed by atoms with van der Waals surface area (Å²) in [5, 5.41) is 11.5. The van der Waals surface area contributed by atoms with Gasteiger partial charge in [-0.15, -0.1) is 0 Å². The highest BCUT2D eigenvalue weighted by Gasteiger charge is 2.46. The highest BCUT2D eigenvalue weighted by atomic mass is 16.5. The van der Waals surface area contributed by atoms with Crippen molar-refractivity contribution in [3.8, 4) is 11.5 Å². The summed E-state index contributed by atoms with van der Waals surface area (Å²) in [5.41, 5.74) is 2.28. The van der Waals surface area contributed by atoms with E-state index in [0.29, 0.717) is 43.3 Å². The lowest BCUT2D eigenvalue weighted by Gasteiger charge is -2.26. The van der Waals surface area contributed by atoms with Gasteiger partial charge < -0.3 is 24.0 Å². The van der Waals surface area contributed by atoms with Crippen LogP contribution in [0, 0.1) is 5.92 Å². The number of aliphatic hydroxyl groups excluding tert-OH is 1. The number of benzene rings is 2. The monoisotopic (exact) mass is 529 g/mol. The Kier molecular flexibility index (Phi) is 7.72. The van der Waals surface area contributed by atoms with Crippen molar-refractivity contribution in [1.29, 1.82) is 0 Å². The fourth-order valence-corrected chi connectivity index (χ4v) is 5.21. The third kappa shape index (κ3) is 5.70. The van der Waals surface area contributed by atoms with Gasteiger partial charge in [0.1, 0.15) is 23.4 Å². The molecule has 2 aromatic carbocycles. The lowest BCUT2D eigenvalue weighted by atomic mass is 9.94. The number of Topliss-reactive ketones (excluding diaryl/α,β-unsaturated/α-hetero) is 1. The number of rotatable bonds is 10. The first-order valence-corrected chi connectivity index (χ1v) is 13.6. The minimum absolute atomic E-state index is 0.0527. The highest BCUT2D eigenvalue weighted by molar-refractivity contribution is 6.46. The second-order valence-electron chi connectivity index (χ2n) is 10.7. The predicted octanol–water partition coefficient (Wildman–Crippen LogP) is 5.14. The van der Waals surface area contributed by atoms with Gasteiger partial charge in [0.05, 0.1) is 24.5 Å². The summed E-state index contributed by atoms with van der Waals surface area (Å²) in [6, 6.07) is 12.1. The van der Waals surface area contributed by atoms with Gasteiger partial charge in [0.2, 0.25) is 0 Å². The van der Waals surface area contributed by atoms with Crippen molar-refractivity contribution in [3.63, 3.8) is 0 Å². The smallest absolute Gasteiger partial charge is 0.295 e. The lowest BCUT2D eigenvalue weighted by Crippen LogP contribution is -2.31. The van der Waals surface area contributed by atoms with Gasteiger partial charge in [0, 0.05) is 37.5 Å². The topological polar surface area (TPSA) is 93.9 Å². The van der Waals surface area contributed by atoms with Crippen LogP contribution in [0.15, 0.2) is 66.8 Å². The van der Waals surface area contributed by atoms with Crippen molar-refractivity contribution >= 4 is 17.4 Å². The van der Waals surface area contributed by atoms with Crippen molar-refractivity contribution in [2.24, 2.45) is 5.92 Å². The molecule has 5 rings (SSSR count). The van der Waals surface area contributed by atoms with E-state index in [-0.39, 0.29) is 17.4 Å². The van der Waals surface area contributed by atoms with Crippen LogP contribution in [0.3, 0.4) is 0 Å². The van der Waals surface area contributed by atoms with Crippen LogP contribution in [0.1, 0.15) is 56.3 Å². The molecule has 1 aromatic heterocycles. The number of imidazole rings is 1. The molecule has 204 valence electrons. The summed E-state index contributed by atoms with van der Waals surface area (Å²) in [5.74, 6) is 0.482. The minimum atomic E-state index is -0.732. The third-order valence-corrected chi connectivity index (χ3v) is 7.22. The molecule has 8 nitrogen and oxygen atoms in total. The molecule has 0 spiro atoms. The van der Waals surface area contributed by atoms with E-state index in [0.717, 1.165) is 29.7 Å². The van der Waals surface area contributed by atoms with E-state index in [2.05, 4.69) is 18.8 Å². The van der Waals surface area contributed by atoms with Crippen molar-refractivity contribution in [3.05, 3.63) is 83.4 Å². The van der Waals surface area contributed by atoms with Crippen molar-refractivity contribution < 1.29 is 24.2 Å². The Hall–Kier alpha value is -4.07. The van der Waals surface area contributed by atoms with Gasteiger partial charge in [0.15, 0.2) is 0 Å². The first kappa shape index (κ1) is 26.5. The van der Waals surface area contributed by atoms with E-state index in [9.17, 15) is 14.7 Å². The largest absolute Gasteiger partial charge is 0.507 e. The number of hydrogen-bond donors (Lipinski definition) is 1. The predicted molar refractivity (Wildman–Crippen MR) is 147 cm³/mol. The molecular formula is C31H35N3O5. The molecule has 2 aliphatic heterocycles. The van der Waals surface area contributed by atoms with Crippen LogP contribution in [0.5, 0.6) is 11.5 Å². The van der Waals surface area contributed by atoms with E-state index < -0.39 is 17.7 Å². The van der Waals surface area contributed by atoms with Crippen molar-refractivity contribution in [2.45, 2.75) is 58.7 Å². The van der Waals surface area contributed by atoms with Gasteiger partial charge in [-0.2, -0.15) is 0 Å². The fourth-order valence-electron chi connectivity index (χ4n) is 5.21. The number of carbonyl (C=O) groups excluding carboxylic acids is 2. The quantitative estimate of drug-likeness (QED) is 0.222. The molecule has 3 aromatic rings. The number of aliphatic hydroxyl groups is 1. The molecule has 1 saturated heterocycles. The molecule has 3 heterocycles. The molecule has 8 heteroatoms. The van der Waals surface area contributed by atoms with Crippen LogP contribution in [-0.4, -0.2) is 50.5 Å². The summed E-state index contributed by atoms with van der Waals surface area (Å²) < 4.78 is 13.7. The molecule has 0 aliphatic carbocycles. The number of ketones is 1. The Morgan fingerprint density at radius 2 is 2.03 bits per heavy atom. The molecule has 0 radical (unpaired) electrons. The number of hydrogen-bond acceptors (Lipinski definition) is 6. The van der Waals surface area contributed by atoms with Crippen LogP contribution >= 0.6 is 0 Å². The number of amides is 1. The number of fused-ring (bicyclic) bond motifs is 1. The third-order valence-electron chi connectivity index (χ3n) is 7.22. The first-order chi connectivity index (χ1) is 18.8. The average molecular weight is 530 g/mol. The molecule has 1 fully saturated rings. The zero-order valence-electron chi connectivity index (χ0n) is 22.7. The van der Waals surface area contributed by atoms with Gasteiger partial charge >= 0.3 is 0 Å². The Balaban J connectivity index is 1.50. The minimum Gasteiger partial charge on any atom is -0.507 e. The second kappa shape index (κ2) is 11.4. The Morgan fingerprint density at radius 3 is 2.79 bits per heavy atom. The van der Waals surface area contributed by atoms with Gasteiger partial charge in [-0.25, -0.2) is 4.98 Å². The summed E-state index contributed by atoms with van der Waals surface area (Å²) >= 11 is 0. The number of ether oxygens (including phenoxy) is 2. The SMILES string of the molecule is CC(C)CCOc1cccc([C@@H]2/C(=C(\O)c3ccc4c(c3)C[C@H](C)O4)C(=O)C(=O)N2CCCn2ccnc2)c1. The van der Waals surface area contributed by atoms with Crippen LogP contribution in [0.4, 0.5) is 0 Å². The number of aromatic nitrogens is 2. The van der Waals surface area contributed by atoms with Gasteiger partial charge in [-0.1, -0.05) is 26.0 Å². The normalized spacial score (nSPS) is 19.9. The van der Waals surface area contributed by atoms with Crippen LogP contribution in [0.25, 0.3) is 5.76 Å². The van der Waals surface area contributed by atoms with E-state index in [1.165, 1.54) is 0 Å². The van der Waals surface area contributed by atoms with Crippen LogP contribution < -0.4 is 9.47 Å². The summed E-state index contributed by atoms with van der Waals surface area (Å²) in [7, 11) is 0. The maximum absolute atomic E-state index is 13.4. The molecule has 2 aliphatic rings. The Morgan fingerprint density at radius 1 is 1.18 bits per heavy atom. The Bertz CT molecular complexity index is 1380. The van der Waals surface area contributed by atoms with Crippen molar-refractivity contribution in [2.75, 3.05) is 13.2 Å². The Labute approximate surface area is 228 Å². The number of aryl methyl sites for hydroxylation is 1. The molecule has 2 atom stereocenters. The van der Waals surface area contributed by atoms with Crippen molar-refractivity contribution in [1.82, 2.24) is 14.5 Å². The highest BCUT2D eigenvalue weighted by Crippen LogP contribution is 2.41. The molecule has 0 unspecified atom stereocenters. The molecule has 1 amide bonds. The van der Waals surface area contributed by atoms with E-state index in [1.54, 1.807) is 23.5 Å².